The Kier molecular flexibility index (Phi) is 3.32. The fraction of sp³-hybridized carbons (Fsp3) is 0.750. The molecule has 0 unspecified atom stereocenters. The second-order valence-electron chi connectivity index (χ2n) is 5.33. The topological polar surface area (TPSA) is 45.4 Å². The first-order valence-corrected chi connectivity index (χ1v) is 6.84. The number of aromatic nitrogens is 1. The number of nitrogens with zero attached hydrogens (tertiary/aromatic N) is 3. The number of anilines is 2. The molecule has 1 aromatic rings. The molecule has 1 aromatic heterocycles. The molecule has 0 bridgehead atoms. The van der Waals surface area contributed by atoms with E-state index in [1.54, 1.807) is 0 Å². The van der Waals surface area contributed by atoms with Crippen LogP contribution in [0.3, 0.4) is 0 Å². The lowest BCUT2D eigenvalue weighted by Gasteiger charge is -2.49. The maximum Gasteiger partial charge on any atom is 0.142 e. The molecule has 0 spiro atoms. The highest BCUT2D eigenvalue weighted by molar-refractivity contribution is 7.10. The maximum atomic E-state index is 5.81. The van der Waals surface area contributed by atoms with E-state index in [4.69, 9.17) is 5.73 Å². The first-order valence-electron chi connectivity index (χ1n) is 6.06. The minimum Gasteiger partial charge on any atom is -0.383 e. The molecule has 4 nitrogen and oxygen atoms in total. The molecule has 0 saturated heterocycles. The van der Waals surface area contributed by atoms with Crippen molar-refractivity contribution in [2.75, 3.05) is 38.3 Å². The second kappa shape index (κ2) is 4.46. The summed E-state index contributed by atoms with van der Waals surface area (Å²) in [5.74, 6) is 0.671. The van der Waals surface area contributed by atoms with Crippen LogP contribution in [0.15, 0.2) is 0 Å². The number of rotatable bonds is 4. The maximum absolute atomic E-state index is 5.81. The van der Waals surface area contributed by atoms with E-state index in [0.29, 0.717) is 11.4 Å². The summed E-state index contributed by atoms with van der Waals surface area (Å²) in [4.78, 5) is 4.68. The lowest BCUT2D eigenvalue weighted by atomic mass is 9.75. The van der Waals surface area contributed by atoms with E-state index in [0.717, 1.165) is 12.1 Å². The molecule has 0 aliphatic heterocycles. The van der Waals surface area contributed by atoms with Crippen molar-refractivity contribution in [3.8, 4) is 0 Å². The van der Waals surface area contributed by atoms with Gasteiger partial charge in [0, 0.05) is 24.7 Å². The Labute approximate surface area is 108 Å². The van der Waals surface area contributed by atoms with Crippen molar-refractivity contribution in [2.24, 2.45) is 0 Å². The quantitative estimate of drug-likeness (QED) is 0.892. The summed E-state index contributed by atoms with van der Waals surface area (Å²) in [6.07, 6.45) is 3.92. The predicted octanol–water partition coefficient (Wildman–Crippen LogP) is 1.95. The van der Waals surface area contributed by atoms with Crippen LogP contribution in [0, 0.1) is 6.92 Å². The van der Waals surface area contributed by atoms with Crippen molar-refractivity contribution in [1.29, 1.82) is 0 Å². The van der Waals surface area contributed by atoms with E-state index >= 15 is 0 Å². The first kappa shape index (κ1) is 12.6. The van der Waals surface area contributed by atoms with Gasteiger partial charge in [0.05, 0.1) is 0 Å². The third-order valence-corrected chi connectivity index (χ3v) is 5.13. The van der Waals surface area contributed by atoms with Crippen LogP contribution < -0.4 is 10.6 Å². The minimum atomic E-state index is 0.347. The molecule has 1 fully saturated rings. The van der Waals surface area contributed by atoms with Crippen LogP contribution in [0.1, 0.15) is 24.8 Å². The van der Waals surface area contributed by atoms with Gasteiger partial charge in [0.25, 0.3) is 0 Å². The molecular weight excluding hydrogens is 232 g/mol. The van der Waals surface area contributed by atoms with Gasteiger partial charge in [-0.3, -0.25) is 0 Å². The SMILES string of the molecule is Cc1c(N)nsc1N(C)CC1(N(C)C)CCC1. The van der Waals surface area contributed by atoms with Gasteiger partial charge < -0.3 is 15.5 Å². The second-order valence-corrected chi connectivity index (χ2v) is 6.08. The molecule has 0 amide bonds. The van der Waals surface area contributed by atoms with E-state index in [-0.39, 0.29) is 0 Å². The highest BCUT2D eigenvalue weighted by Crippen LogP contribution is 2.39. The Bertz CT molecular complexity index is 395. The van der Waals surface area contributed by atoms with Gasteiger partial charge in [-0.05, 0) is 51.8 Å². The summed E-state index contributed by atoms with van der Waals surface area (Å²) in [7, 11) is 6.51. The summed E-state index contributed by atoms with van der Waals surface area (Å²) >= 11 is 1.50. The van der Waals surface area contributed by atoms with Crippen molar-refractivity contribution >= 4 is 22.4 Å². The highest BCUT2D eigenvalue weighted by atomic mass is 32.1. The van der Waals surface area contributed by atoms with Crippen molar-refractivity contribution in [3.05, 3.63) is 5.56 Å². The Hall–Kier alpha value is -0.810. The van der Waals surface area contributed by atoms with E-state index in [1.807, 2.05) is 6.92 Å². The molecule has 1 aliphatic rings. The van der Waals surface area contributed by atoms with Gasteiger partial charge in [0.1, 0.15) is 10.8 Å². The van der Waals surface area contributed by atoms with Gasteiger partial charge in [0.2, 0.25) is 0 Å². The minimum absolute atomic E-state index is 0.347. The third-order valence-electron chi connectivity index (χ3n) is 4.05. The Balaban J connectivity index is 2.11. The van der Waals surface area contributed by atoms with Crippen molar-refractivity contribution in [2.45, 2.75) is 31.7 Å². The molecule has 0 radical (unpaired) electrons. The van der Waals surface area contributed by atoms with E-state index < -0.39 is 0 Å². The van der Waals surface area contributed by atoms with Crippen LogP contribution in [-0.2, 0) is 0 Å². The van der Waals surface area contributed by atoms with Crippen LogP contribution in [0.25, 0.3) is 0 Å². The monoisotopic (exact) mass is 254 g/mol. The largest absolute Gasteiger partial charge is 0.383 e. The number of nitrogens with two attached hydrogens (primary N) is 1. The molecule has 5 heteroatoms. The van der Waals surface area contributed by atoms with Crippen LogP contribution in [0.4, 0.5) is 10.8 Å². The summed E-state index contributed by atoms with van der Waals surface area (Å²) in [6.45, 7) is 3.11. The van der Waals surface area contributed by atoms with Crippen LogP contribution in [-0.4, -0.2) is 42.5 Å². The van der Waals surface area contributed by atoms with Gasteiger partial charge in [-0.2, -0.15) is 4.37 Å². The zero-order valence-electron chi connectivity index (χ0n) is 11.2. The zero-order chi connectivity index (χ0) is 12.6. The fourth-order valence-electron chi connectivity index (χ4n) is 2.54. The molecule has 2 N–H and O–H groups in total. The fourth-order valence-corrected chi connectivity index (χ4v) is 3.31. The van der Waals surface area contributed by atoms with E-state index in [2.05, 4.69) is 35.3 Å². The zero-order valence-corrected chi connectivity index (χ0v) is 12.0. The lowest BCUT2D eigenvalue weighted by Crippen LogP contribution is -2.56. The Morgan fingerprint density at radius 3 is 2.35 bits per heavy atom. The number of likely N-dealkylation sites (N-methyl/N-ethyl adjacent to an activating group) is 2. The predicted molar refractivity (Wildman–Crippen MR) is 74.8 cm³/mol. The Morgan fingerprint density at radius 1 is 1.35 bits per heavy atom. The smallest absolute Gasteiger partial charge is 0.142 e. The van der Waals surface area contributed by atoms with Gasteiger partial charge in [0.15, 0.2) is 0 Å². The van der Waals surface area contributed by atoms with E-state index in [9.17, 15) is 0 Å². The molecule has 0 aromatic carbocycles. The molecule has 1 heterocycles. The van der Waals surface area contributed by atoms with Crippen molar-refractivity contribution < 1.29 is 0 Å². The van der Waals surface area contributed by atoms with Crippen molar-refractivity contribution in [1.82, 2.24) is 9.27 Å². The summed E-state index contributed by atoms with van der Waals surface area (Å²) in [5, 5.41) is 1.20. The average molecular weight is 254 g/mol. The summed E-state index contributed by atoms with van der Waals surface area (Å²) in [5.41, 5.74) is 7.27. The first-order chi connectivity index (χ1) is 7.96. The highest BCUT2D eigenvalue weighted by Gasteiger charge is 2.40. The number of hydrogen-bond acceptors (Lipinski definition) is 5. The third kappa shape index (κ3) is 2.13. The van der Waals surface area contributed by atoms with Gasteiger partial charge in [-0.25, -0.2) is 0 Å². The Morgan fingerprint density at radius 2 is 2.00 bits per heavy atom. The van der Waals surface area contributed by atoms with Gasteiger partial charge in [-0.1, -0.05) is 0 Å². The number of nitrogen functional groups attached to an aromatic ring is 1. The summed E-state index contributed by atoms with van der Waals surface area (Å²) in [6, 6.07) is 0. The molecule has 1 saturated carbocycles. The molecule has 96 valence electrons. The standard InChI is InChI=1S/C12H22N4S/c1-9-10(13)14-17-11(9)16(4)8-12(15(2)3)6-5-7-12/h5-8H2,1-4H3,(H2,13,14). The van der Waals surface area contributed by atoms with Crippen LogP contribution in [0.5, 0.6) is 0 Å². The van der Waals surface area contributed by atoms with Gasteiger partial charge in [-0.15, -0.1) is 0 Å². The molecule has 2 rings (SSSR count). The van der Waals surface area contributed by atoms with Crippen LogP contribution >= 0.6 is 11.5 Å². The molecule has 0 atom stereocenters. The summed E-state index contributed by atoms with van der Waals surface area (Å²) < 4.78 is 4.22. The van der Waals surface area contributed by atoms with Crippen molar-refractivity contribution in [3.63, 3.8) is 0 Å². The molecular formula is C12H22N4S. The average Bonchev–Trinajstić information content (AvgIpc) is 2.53. The van der Waals surface area contributed by atoms with Gasteiger partial charge >= 0.3 is 0 Å². The molecule has 1 aliphatic carbocycles. The van der Waals surface area contributed by atoms with Crippen LogP contribution in [0.2, 0.25) is 0 Å². The van der Waals surface area contributed by atoms with E-state index in [1.165, 1.54) is 35.8 Å². The lowest BCUT2D eigenvalue weighted by molar-refractivity contribution is 0.0684. The normalized spacial score (nSPS) is 18.2. The number of hydrogen-bond donors (Lipinski definition) is 1. The molecule has 17 heavy (non-hydrogen) atoms.